The first kappa shape index (κ1) is 7.56. The lowest BCUT2D eigenvalue weighted by atomic mass is 10.1. The molecule has 2 aliphatic rings. The maximum Gasteiger partial charge on any atom is 0.0667 e. The number of hydrogen-bond donors (Lipinski definition) is 1. The lowest BCUT2D eigenvalue weighted by Gasteiger charge is -2.29. The minimum Gasteiger partial charge on any atom is -0.392 e. The van der Waals surface area contributed by atoms with Crippen LogP contribution < -0.4 is 0 Å². The lowest BCUT2D eigenvalue weighted by Crippen LogP contribution is -2.39. The van der Waals surface area contributed by atoms with Crippen molar-refractivity contribution >= 4 is 0 Å². The van der Waals surface area contributed by atoms with E-state index < -0.39 is 0 Å². The van der Waals surface area contributed by atoms with Gasteiger partial charge in [0.25, 0.3) is 0 Å². The van der Waals surface area contributed by atoms with Gasteiger partial charge in [-0.3, -0.25) is 0 Å². The highest BCUT2D eigenvalue weighted by Gasteiger charge is 2.26. The molecule has 0 aromatic heterocycles. The van der Waals surface area contributed by atoms with Crippen molar-refractivity contribution in [3.63, 3.8) is 0 Å². The van der Waals surface area contributed by atoms with E-state index in [2.05, 4.69) is 4.90 Å². The summed E-state index contributed by atoms with van der Waals surface area (Å²) in [6.07, 6.45) is 5.01. The van der Waals surface area contributed by atoms with E-state index >= 15 is 0 Å². The summed E-state index contributed by atoms with van der Waals surface area (Å²) in [4.78, 5) is 2.42. The zero-order valence-corrected chi connectivity index (χ0v) is 7.00. The first-order valence-corrected chi connectivity index (χ1v) is 4.75. The molecule has 2 heteroatoms. The van der Waals surface area contributed by atoms with Gasteiger partial charge in [-0.1, -0.05) is 0 Å². The molecular formula is C9H17NO. The van der Waals surface area contributed by atoms with Crippen LogP contribution in [0.3, 0.4) is 0 Å². The standard InChI is InChI=1S/C9H17NO/c11-9-2-1-5-10(7-9)6-8-3-4-8/h8-9,11H,1-7H2/t9-/m1/s1. The second-order valence-corrected chi connectivity index (χ2v) is 4.00. The van der Waals surface area contributed by atoms with Crippen LogP contribution >= 0.6 is 0 Å². The molecule has 0 unspecified atom stereocenters. The summed E-state index contributed by atoms with van der Waals surface area (Å²) >= 11 is 0. The maximum absolute atomic E-state index is 9.37. The predicted octanol–water partition coefficient (Wildman–Crippen LogP) is 0.853. The lowest BCUT2D eigenvalue weighted by molar-refractivity contribution is 0.0683. The minimum absolute atomic E-state index is 0.0394. The van der Waals surface area contributed by atoms with Crippen LogP contribution in [-0.2, 0) is 0 Å². The third kappa shape index (κ3) is 2.17. The molecule has 2 nitrogen and oxygen atoms in total. The van der Waals surface area contributed by atoms with Gasteiger partial charge >= 0.3 is 0 Å². The van der Waals surface area contributed by atoms with E-state index in [1.54, 1.807) is 0 Å². The molecule has 0 bridgehead atoms. The minimum atomic E-state index is -0.0394. The van der Waals surface area contributed by atoms with Crippen molar-refractivity contribution in [2.24, 2.45) is 5.92 Å². The van der Waals surface area contributed by atoms with Crippen molar-refractivity contribution in [2.45, 2.75) is 31.8 Å². The van der Waals surface area contributed by atoms with Gasteiger partial charge in [0, 0.05) is 13.1 Å². The molecule has 0 radical (unpaired) electrons. The molecule has 0 amide bonds. The molecule has 1 atom stereocenters. The number of β-amino-alcohol motifs (C(OH)–C–C–N with tert-alkyl or cyclic N) is 1. The Hall–Kier alpha value is -0.0800. The van der Waals surface area contributed by atoms with Crippen molar-refractivity contribution in [1.29, 1.82) is 0 Å². The van der Waals surface area contributed by atoms with Crippen molar-refractivity contribution in [2.75, 3.05) is 19.6 Å². The topological polar surface area (TPSA) is 23.5 Å². The van der Waals surface area contributed by atoms with E-state index in [4.69, 9.17) is 0 Å². The number of nitrogens with zero attached hydrogens (tertiary/aromatic N) is 1. The third-order valence-electron chi connectivity index (χ3n) is 2.69. The van der Waals surface area contributed by atoms with Crippen LogP contribution in [0.15, 0.2) is 0 Å². The van der Waals surface area contributed by atoms with Crippen LogP contribution in [0.4, 0.5) is 0 Å². The molecule has 11 heavy (non-hydrogen) atoms. The van der Waals surface area contributed by atoms with Crippen LogP contribution in [0, 0.1) is 5.92 Å². The first-order chi connectivity index (χ1) is 5.34. The SMILES string of the molecule is O[C@@H]1CCCN(CC2CC2)C1. The molecule has 1 aliphatic carbocycles. The zero-order valence-electron chi connectivity index (χ0n) is 7.00. The summed E-state index contributed by atoms with van der Waals surface area (Å²) in [5.41, 5.74) is 0. The van der Waals surface area contributed by atoms with Gasteiger partial charge in [-0.05, 0) is 38.1 Å². The summed E-state index contributed by atoms with van der Waals surface area (Å²) in [6, 6.07) is 0. The predicted molar refractivity (Wildman–Crippen MR) is 44.4 cm³/mol. The van der Waals surface area contributed by atoms with Gasteiger partial charge in [-0.2, -0.15) is 0 Å². The van der Waals surface area contributed by atoms with E-state index in [0.717, 1.165) is 18.9 Å². The molecule has 1 aliphatic heterocycles. The van der Waals surface area contributed by atoms with E-state index in [1.165, 1.54) is 32.4 Å². The number of likely N-dealkylation sites (tertiary alicyclic amines) is 1. The molecule has 64 valence electrons. The molecule has 1 saturated heterocycles. The Balaban J connectivity index is 1.73. The number of aliphatic hydroxyl groups is 1. The zero-order chi connectivity index (χ0) is 7.68. The highest BCUT2D eigenvalue weighted by atomic mass is 16.3. The highest BCUT2D eigenvalue weighted by Crippen LogP contribution is 2.30. The van der Waals surface area contributed by atoms with Gasteiger partial charge in [0.05, 0.1) is 6.10 Å². The summed E-state index contributed by atoms with van der Waals surface area (Å²) < 4.78 is 0. The van der Waals surface area contributed by atoms with Crippen LogP contribution in [-0.4, -0.2) is 35.7 Å². The summed E-state index contributed by atoms with van der Waals surface area (Å²) in [7, 11) is 0. The van der Waals surface area contributed by atoms with Crippen molar-refractivity contribution in [3.05, 3.63) is 0 Å². The quantitative estimate of drug-likeness (QED) is 0.639. The van der Waals surface area contributed by atoms with E-state index in [9.17, 15) is 5.11 Å². The molecule has 0 spiro atoms. The second kappa shape index (κ2) is 3.11. The summed E-state index contributed by atoms with van der Waals surface area (Å²) in [5.74, 6) is 0.972. The van der Waals surface area contributed by atoms with Gasteiger partial charge in [0.1, 0.15) is 0 Å². The molecule has 2 rings (SSSR count). The Kier molecular flexibility index (Phi) is 2.14. The molecule has 1 heterocycles. The van der Waals surface area contributed by atoms with Gasteiger partial charge in [0.2, 0.25) is 0 Å². The summed E-state index contributed by atoms with van der Waals surface area (Å²) in [6.45, 7) is 3.39. The number of rotatable bonds is 2. The van der Waals surface area contributed by atoms with Crippen molar-refractivity contribution in [1.82, 2.24) is 4.90 Å². The Morgan fingerprint density at radius 1 is 1.27 bits per heavy atom. The fourth-order valence-electron chi connectivity index (χ4n) is 1.86. The maximum atomic E-state index is 9.37. The Labute approximate surface area is 68.2 Å². The van der Waals surface area contributed by atoms with E-state index in [-0.39, 0.29) is 6.10 Å². The van der Waals surface area contributed by atoms with Crippen LogP contribution in [0.25, 0.3) is 0 Å². The van der Waals surface area contributed by atoms with Crippen LogP contribution in [0.2, 0.25) is 0 Å². The summed E-state index contributed by atoms with van der Waals surface area (Å²) in [5, 5.41) is 9.37. The number of piperidine rings is 1. The average molecular weight is 155 g/mol. The normalized spacial score (nSPS) is 34.1. The average Bonchev–Trinajstić information content (AvgIpc) is 2.71. The molecule has 0 aromatic carbocycles. The third-order valence-corrected chi connectivity index (χ3v) is 2.69. The molecular weight excluding hydrogens is 138 g/mol. The fraction of sp³-hybridized carbons (Fsp3) is 1.00. The molecule has 1 saturated carbocycles. The Morgan fingerprint density at radius 3 is 2.73 bits per heavy atom. The second-order valence-electron chi connectivity index (χ2n) is 4.00. The number of aliphatic hydroxyl groups excluding tert-OH is 1. The van der Waals surface area contributed by atoms with Gasteiger partial charge in [-0.15, -0.1) is 0 Å². The molecule has 2 fully saturated rings. The molecule has 1 N–H and O–H groups in total. The van der Waals surface area contributed by atoms with Crippen LogP contribution in [0.1, 0.15) is 25.7 Å². The first-order valence-electron chi connectivity index (χ1n) is 4.75. The monoisotopic (exact) mass is 155 g/mol. The van der Waals surface area contributed by atoms with E-state index in [0.29, 0.717) is 0 Å². The smallest absolute Gasteiger partial charge is 0.0667 e. The van der Waals surface area contributed by atoms with Crippen LogP contribution in [0.5, 0.6) is 0 Å². The van der Waals surface area contributed by atoms with E-state index in [1.807, 2.05) is 0 Å². The fourth-order valence-corrected chi connectivity index (χ4v) is 1.86. The van der Waals surface area contributed by atoms with Crippen molar-refractivity contribution < 1.29 is 5.11 Å². The van der Waals surface area contributed by atoms with Gasteiger partial charge in [-0.25, -0.2) is 0 Å². The number of hydrogen-bond acceptors (Lipinski definition) is 2. The largest absolute Gasteiger partial charge is 0.392 e. The van der Waals surface area contributed by atoms with Gasteiger partial charge < -0.3 is 10.0 Å². The van der Waals surface area contributed by atoms with Crippen molar-refractivity contribution in [3.8, 4) is 0 Å². The Bertz CT molecular complexity index is 132. The van der Waals surface area contributed by atoms with Gasteiger partial charge in [0.15, 0.2) is 0 Å². The highest BCUT2D eigenvalue weighted by molar-refractivity contribution is 4.80. The Morgan fingerprint density at radius 2 is 2.09 bits per heavy atom. The molecule has 0 aromatic rings.